The molecule has 1 aromatic heterocycles. The summed E-state index contributed by atoms with van der Waals surface area (Å²) in [7, 11) is 0. The van der Waals surface area contributed by atoms with Crippen LogP contribution in [0.4, 0.5) is 0 Å². The van der Waals surface area contributed by atoms with Gasteiger partial charge >= 0.3 is 5.97 Å². The van der Waals surface area contributed by atoms with E-state index in [4.69, 9.17) is 9.73 Å². The van der Waals surface area contributed by atoms with Gasteiger partial charge in [0.15, 0.2) is 0 Å². The molecule has 156 valence electrons. The molecule has 1 atom stereocenters. The Morgan fingerprint density at radius 2 is 1.93 bits per heavy atom. The SMILES string of the molecule is CCC(CCC(C)=O)(CCC(=O)OC(C)C)C1=NCCc2c1[nH]c1ccccc21. The van der Waals surface area contributed by atoms with Crippen molar-refractivity contribution >= 4 is 28.4 Å². The van der Waals surface area contributed by atoms with Crippen molar-refractivity contribution in [3.05, 3.63) is 35.5 Å². The molecule has 0 saturated carbocycles. The Kier molecular flexibility index (Phi) is 6.56. The molecule has 29 heavy (non-hydrogen) atoms. The fourth-order valence-electron chi connectivity index (χ4n) is 4.41. The minimum atomic E-state index is -0.322. The van der Waals surface area contributed by atoms with E-state index in [1.54, 1.807) is 6.92 Å². The summed E-state index contributed by atoms with van der Waals surface area (Å²) in [5.74, 6) is -0.0187. The minimum Gasteiger partial charge on any atom is -0.463 e. The highest BCUT2D eigenvalue weighted by Gasteiger charge is 2.38. The number of aromatic amines is 1. The number of aliphatic imine (C=N–C) groups is 1. The lowest BCUT2D eigenvalue weighted by Crippen LogP contribution is -2.35. The predicted octanol–water partition coefficient (Wildman–Crippen LogP) is 5.01. The Hall–Kier alpha value is -2.43. The molecule has 0 spiro atoms. The van der Waals surface area contributed by atoms with Crippen molar-refractivity contribution in [2.45, 2.75) is 72.3 Å². The smallest absolute Gasteiger partial charge is 0.306 e. The lowest BCUT2D eigenvalue weighted by molar-refractivity contribution is -0.147. The van der Waals surface area contributed by atoms with Crippen LogP contribution >= 0.6 is 0 Å². The molecule has 1 N–H and O–H groups in total. The molecule has 1 unspecified atom stereocenters. The third kappa shape index (κ3) is 4.60. The van der Waals surface area contributed by atoms with Gasteiger partial charge in [0.05, 0.1) is 17.5 Å². The van der Waals surface area contributed by atoms with Crippen LogP contribution in [-0.2, 0) is 20.7 Å². The van der Waals surface area contributed by atoms with Crippen LogP contribution in [0, 0.1) is 5.41 Å². The van der Waals surface area contributed by atoms with E-state index in [2.05, 4.69) is 30.1 Å². The van der Waals surface area contributed by atoms with E-state index in [1.165, 1.54) is 10.9 Å². The molecular formula is C24H32N2O3. The Morgan fingerprint density at radius 3 is 2.62 bits per heavy atom. The highest BCUT2D eigenvalue weighted by Crippen LogP contribution is 2.41. The number of para-hydroxylation sites is 1. The summed E-state index contributed by atoms with van der Waals surface area (Å²) in [6.45, 7) is 8.23. The van der Waals surface area contributed by atoms with E-state index in [0.717, 1.165) is 36.3 Å². The number of carbonyl (C=O) groups excluding carboxylic acids is 2. The van der Waals surface area contributed by atoms with Crippen LogP contribution in [0.25, 0.3) is 10.9 Å². The summed E-state index contributed by atoms with van der Waals surface area (Å²) >= 11 is 0. The van der Waals surface area contributed by atoms with E-state index in [0.29, 0.717) is 25.7 Å². The number of hydrogen-bond donors (Lipinski definition) is 1. The number of benzene rings is 1. The number of ketones is 1. The zero-order valence-electron chi connectivity index (χ0n) is 18.0. The number of esters is 1. The molecule has 0 amide bonds. The average molecular weight is 397 g/mol. The van der Waals surface area contributed by atoms with Crippen LogP contribution in [0.1, 0.15) is 71.1 Å². The Balaban J connectivity index is 1.98. The largest absolute Gasteiger partial charge is 0.463 e. The number of nitrogens with one attached hydrogen (secondary N) is 1. The van der Waals surface area contributed by atoms with Gasteiger partial charge in [0.2, 0.25) is 0 Å². The van der Waals surface area contributed by atoms with Gasteiger partial charge in [-0.05, 0) is 58.1 Å². The summed E-state index contributed by atoms with van der Waals surface area (Å²) in [6, 6.07) is 8.34. The quantitative estimate of drug-likeness (QED) is 0.606. The zero-order chi connectivity index (χ0) is 21.0. The second-order valence-corrected chi connectivity index (χ2v) is 8.38. The molecule has 0 fully saturated rings. The van der Waals surface area contributed by atoms with Gasteiger partial charge < -0.3 is 14.5 Å². The van der Waals surface area contributed by atoms with Crippen molar-refractivity contribution in [1.29, 1.82) is 0 Å². The van der Waals surface area contributed by atoms with E-state index in [9.17, 15) is 9.59 Å². The lowest BCUT2D eigenvalue weighted by atomic mass is 9.70. The monoisotopic (exact) mass is 396 g/mol. The molecule has 1 aliphatic rings. The Morgan fingerprint density at radius 1 is 1.21 bits per heavy atom. The average Bonchev–Trinajstić information content (AvgIpc) is 3.07. The molecule has 1 aliphatic heterocycles. The summed E-state index contributed by atoms with van der Waals surface area (Å²) in [4.78, 5) is 32.6. The van der Waals surface area contributed by atoms with Crippen molar-refractivity contribution in [2.75, 3.05) is 6.54 Å². The first-order valence-electron chi connectivity index (χ1n) is 10.7. The number of aromatic nitrogens is 1. The first kappa shape index (κ1) is 21.3. The second-order valence-electron chi connectivity index (χ2n) is 8.38. The van der Waals surface area contributed by atoms with Crippen LogP contribution in [-0.4, -0.2) is 35.1 Å². The number of H-pyrrole nitrogens is 1. The standard InChI is InChI=1S/C24H32N2O3/c1-5-24(13-10-17(4)27,14-11-21(28)29-16(2)3)23-22-19(12-15-25-23)18-8-6-7-9-20(18)26-22/h6-9,16,26H,5,10-15H2,1-4H3. The predicted molar refractivity (Wildman–Crippen MR) is 117 cm³/mol. The van der Waals surface area contributed by atoms with Crippen LogP contribution < -0.4 is 0 Å². The molecule has 2 aromatic rings. The number of ether oxygens (including phenoxy) is 1. The van der Waals surface area contributed by atoms with E-state index in [-0.39, 0.29) is 23.3 Å². The minimum absolute atomic E-state index is 0.122. The van der Waals surface area contributed by atoms with Gasteiger partial charge in [-0.2, -0.15) is 0 Å². The van der Waals surface area contributed by atoms with Gasteiger partial charge in [-0.1, -0.05) is 25.1 Å². The number of carbonyl (C=O) groups is 2. The topological polar surface area (TPSA) is 71.5 Å². The van der Waals surface area contributed by atoms with Crippen LogP contribution in [0.3, 0.4) is 0 Å². The third-order valence-electron chi connectivity index (χ3n) is 5.99. The zero-order valence-corrected chi connectivity index (χ0v) is 18.0. The molecule has 3 rings (SSSR count). The number of nitrogens with zero attached hydrogens (tertiary/aromatic N) is 1. The summed E-state index contributed by atoms with van der Waals surface area (Å²) in [6.07, 6.45) is 3.76. The second kappa shape index (κ2) is 8.93. The van der Waals surface area contributed by atoms with Gasteiger partial charge in [0, 0.05) is 35.7 Å². The first-order chi connectivity index (χ1) is 13.9. The number of Topliss-reactive ketones (excluding diaryl/α,β-unsaturated/α-hetero) is 1. The third-order valence-corrected chi connectivity index (χ3v) is 5.99. The van der Waals surface area contributed by atoms with Gasteiger partial charge in [0.1, 0.15) is 5.78 Å². The maximum Gasteiger partial charge on any atom is 0.306 e. The van der Waals surface area contributed by atoms with Gasteiger partial charge in [-0.3, -0.25) is 9.79 Å². The molecule has 0 bridgehead atoms. The highest BCUT2D eigenvalue weighted by molar-refractivity contribution is 6.09. The lowest BCUT2D eigenvalue weighted by Gasteiger charge is -2.36. The number of rotatable bonds is 9. The van der Waals surface area contributed by atoms with Crippen LogP contribution in [0.15, 0.2) is 29.3 Å². The fourth-order valence-corrected chi connectivity index (χ4v) is 4.41. The summed E-state index contributed by atoms with van der Waals surface area (Å²) in [5.41, 5.74) is 4.20. The van der Waals surface area contributed by atoms with E-state index >= 15 is 0 Å². The van der Waals surface area contributed by atoms with Crippen molar-refractivity contribution in [3.63, 3.8) is 0 Å². The van der Waals surface area contributed by atoms with Crippen molar-refractivity contribution < 1.29 is 14.3 Å². The van der Waals surface area contributed by atoms with Crippen molar-refractivity contribution in [2.24, 2.45) is 10.4 Å². The molecular weight excluding hydrogens is 364 g/mol. The number of hydrogen-bond acceptors (Lipinski definition) is 4. The Bertz CT molecular complexity index is 925. The van der Waals surface area contributed by atoms with Gasteiger partial charge in [0.25, 0.3) is 0 Å². The molecule has 0 saturated heterocycles. The maximum atomic E-state index is 12.3. The van der Waals surface area contributed by atoms with Crippen LogP contribution in [0.2, 0.25) is 0 Å². The van der Waals surface area contributed by atoms with Gasteiger partial charge in [-0.15, -0.1) is 0 Å². The summed E-state index contributed by atoms with van der Waals surface area (Å²) < 4.78 is 5.37. The Labute approximate surface area is 172 Å². The molecule has 1 aromatic carbocycles. The van der Waals surface area contributed by atoms with Crippen molar-refractivity contribution in [1.82, 2.24) is 4.98 Å². The molecule has 5 nitrogen and oxygen atoms in total. The van der Waals surface area contributed by atoms with Gasteiger partial charge in [-0.25, -0.2) is 0 Å². The maximum absolute atomic E-state index is 12.3. The highest BCUT2D eigenvalue weighted by atomic mass is 16.5. The van der Waals surface area contributed by atoms with Crippen LogP contribution in [0.5, 0.6) is 0 Å². The van der Waals surface area contributed by atoms with Crippen molar-refractivity contribution in [3.8, 4) is 0 Å². The van der Waals surface area contributed by atoms with E-state index < -0.39 is 0 Å². The summed E-state index contributed by atoms with van der Waals surface area (Å²) in [5, 5.41) is 1.24. The fraction of sp³-hybridized carbons (Fsp3) is 0.542. The molecule has 2 heterocycles. The normalized spacial score (nSPS) is 15.7. The molecule has 5 heteroatoms. The molecule has 0 aliphatic carbocycles. The van der Waals surface area contributed by atoms with E-state index in [1.807, 2.05) is 19.9 Å². The molecule has 0 radical (unpaired) electrons. The first-order valence-corrected chi connectivity index (χ1v) is 10.7. The number of fused-ring (bicyclic) bond motifs is 3.